The molecule has 0 amide bonds. The third-order valence-corrected chi connectivity index (χ3v) is 2.71. The van der Waals surface area contributed by atoms with Crippen LogP contribution in [0.2, 0.25) is 0 Å². The Balaban J connectivity index is 2.50. The quantitative estimate of drug-likeness (QED) is 0.282. The minimum absolute atomic E-state index is 0.112. The molecule has 0 aliphatic rings. The number of pyridine rings is 1. The van der Waals surface area contributed by atoms with Gasteiger partial charge in [-0.25, -0.2) is 4.79 Å². The SMILES string of the molecule is O=c1oc2cc([N+](=O)[O-])ccc2c2ccncc12. The van der Waals surface area contributed by atoms with Gasteiger partial charge in [-0.2, -0.15) is 0 Å². The van der Waals surface area contributed by atoms with Gasteiger partial charge in [-0.3, -0.25) is 15.1 Å². The number of rotatable bonds is 1. The molecule has 0 saturated heterocycles. The zero-order chi connectivity index (χ0) is 12.7. The van der Waals surface area contributed by atoms with Gasteiger partial charge in [0.1, 0.15) is 5.58 Å². The molecule has 2 aromatic heterocycles. The van der Waals surface area contributed by atoms with Crippen LogP contribution in [0, 0.1) is 10.1 Å². The van der Waals surface area contributed by atoms with E-state index in [9.17, 15) is 14.9 Å². The highest BCUT2D eigenvalue weighted by Gasteiger charge is 2.11. The summed E-state index contributed by atoms with van der Waals surface area (Å²) in [4.78, 5) is 25.7. The van der Waals surface area contributed by atoms with Gasteiger partial charge in [-0.1, -0.05) is 0 Å². The zero-order valence-corrected chi connectivity index (χ0v) is 8.99. The molecule has 6 nitrogen and oxygen atoms in total. The van der Waals surface area contributed by atoms with Gasteiger partial charge in [0, 0.05) is 29.2 Å². The summed E-state index contributed by atoms with van der Waals surface area (Å²) in [7, 11) is 0. The van der Waals surface area contributed by atoms with E-state index in [-0.39, 0.29) is 11.3 Å². The number of aromatic nitrogens is 1. The number of nitro groups is 1. The normalized spacial score (nSPS) is 10.9. The molecular weight excluding hydrogens is 236 g/mol. The standard InChI is InChI=1S/C12H6N2O4/c15-12-10-6-13-4-3-8(10)9-2-1-7(14(16)17)5-11(9)18-12/h1-6H. The van der Waals surface area contributed by atoms with Crippen LogP contribution in [0.15, 0.2) is 45.9 Å². The van der Waals surface area contributed by atoms with Crippen molar-refractivity contribution in [3.8, 4) is 0 Å². The molecule has 0 spiro atoms. The van der Waals surface area contributed by atoms with Gasteiger partial charge in [-0.15, -0.1) is 0 Å². The van der Waals surface area contributed by atoms with Crippen molar-refractivity contribution in [1.29, 1.82) is 0 Å². The van der Waals surface area contributed by atoms with Crippen LogP contribution in [-0.2, 0) is 0 Å². The highest BCUT2D eigenvalue weighted by atomic mass is 16.6. The first kappa shape index (κ1) is 10.4. The molecule has 2 heterocycles. The van der Waals surface area contributed by atoms with E-state index in [0.717, 1.165) is 0 Å². The maximum atomic E-state index is 11.7. The lowest BCUT2D eigenvalue weighted by molar-refractivity contribution is -0.384. The predicted molar refractivity (Wildman–Crippen MR) is 64.4 cm³/mol. The maximum absolute atomic E-state index is 11.7. The van der Waals surface area contributed by atoms with Gasteiger partial charge < -0.3 is 4.42 Å². The average Bonchev–Trinajstić information content (AvgIpc) is 2.38. The Labute approximate surface area is 99.6 Å². The average molecular weight is 242 g/mol. The molecule has 0 atom stereocenters. The van der Waals surface area contributed by atoms with Gasteiger partial charge in [0.25, 0.3) is 5.69 Å². The molecule has 0 N–H and O–H groups in total. The fraction of sp³-hybridized carbons (Fsp3) is 0. The lowest BCUT2D eigenvalue weighted by Gasteiger charge is -2.01. The number of benzene rings is 1. The van der Waals surface area contributed by atoms with Crippen molar-refractivity contribution in [1.82, 2.24) is 4.98 Å². The smallest absolute Gasteiger partial charge is 0.345 e. The van der Waals surface area contributed by atoms with Crippen molar-refractivity contribution in [2.45, 2.75) is 0 Å². The first-order valence-corrected chi connectivity index (χ1v) is 5.12. The highest BCUT2D eigenvalue weighted by molar-refractivity contribution is 6.04. The molecule has 0 aliphatic carbocycles. The Morgan fingerprint density at radius 3 is 2.78 bits per heavy atom. The van der Waals surface area contributed by atoms with Crippen molar-refractivity contribution < 1.29 is 9.34 Å². The van der Waals surface area contributed by atoms with Gasteiger partial charge in [-0.05, 0) is 12.1 Å². The summed E-state index contributed by atoms with van der Waals surface area (Å²) < 4.78 is 5.07. The molecule has 0 unspecified atom stereocenters. The topological polar surface area (TPSA) is 86.2 Å². The molecule has 18 heavy (non-hydrogen) atoms. The van der Waals surface area contributed by atoms with Crippen molar-refractivity contribution in [2.75, 3.05) is 0 Å². The summed E-state index contributed by atoms with van der Waals surface area (Å²) in [5.74, 6) is 0. The fourth-order valence-corrected chi connectivity index (χ4v) is 1.88. The lowest BCUT2D eigenvalue weighted by Crippen LogP contribution is -2.00. The van der Waals surface area contributed by atoms with Gasteiger partial charge in [0.2, 0.25) is 0 Å². The van der Waals surface area contributed by atoms with E-state index < -0.39 is 10.5 Å². The molecule has 3 rings (SSSR count). The van der Waals surface area contributed by atoms with Crippen molar-refractivity contribution in [3.63, 3.8) is 0 Å². The Morgan fingerprint density at radius 1 is 1.17 bits per heavy atom. The van der Waals surface area contributed by atoms with E-state index in [1.807, 2.05) is 0 Å². The number of nitrogens with zero attached hydrogens (tertiary/aromatic N) is 2. The first-order valence-electron chi connectivity index (χ1n) is 5.12. The van der Waals surface area contributed by atoms with Crippen LogP contribution in [0.25, 0.3) is 21.7 Å². The van der Waals surface area contributed by atoms with E-state index in [1.165, 1.54) is 18.3 Å². The van der Waals surface area contributed by atoms with E-state index in [1.54, 1.807) is 18.3 Å². The van der Waals surface area contributed by atoms with E-state index >= 15 is 0 Å². The molecule has 88 valence electrons. The highest BCUT2D eigenvalue weighted by Crippen LogP contribution is 2.25. The van der Waals surface area contributed by atoms with Crippen molar-refractivity contribution in [2.24, 2.45) is 0 Å². The fourth-order valence-electron chi connectivity index (χ4n) is 1.88. The van der Waals surface area contributed by atoms with Crippen LogP contribution < -0.4 is 5.63 Å². The molecular formula is C12H6N2O4. The number of non-ortho nitro benzene ring substituents is 1. The largest absolute Gasteiger partial charge is 0.422 e. The second-order valence-electron chi connectivity index (χ2n) is 3.75. The minimum Gasteiger partial charge on any atom is -0.422 e. The van der Waals surface area contributed by atoms with Crippen LogP contribution in [0.3, 0.4) is 0 Å². The minimum atomic E-state index is -0.550. The van der Waals surface area contributed by atoms with Gasteiger partial charge >= 0.3 is 5.63 Å². The molecule has 0 radical (unpaired) electrons. The van der Waals surface area contributed by atoms with Crippen LogP contribution >= 0.6 is 0 Å². The summed E-state index contributed by atoms with van der Waals surface area (Å²) in [6.07, 6.45) is 2.98. The maximum Gasteiger partial charge on any atom is 0.345 e. The van der Waals surface area contributed by atoms with E-state index in [4.69, 9.17) is 4.42 Å². The molecule has 6 heteroatoms. The monoisotopic (exact) mass is 242 g/mol. The lowest BCUT2D eigenvalue weighted by atomic mass is 10.1. The molecule has 0 fully saturated rings. The summed E-state index contributed by atoms with van der Waals surface area (Å²) in [6, 6.07) is 5.87. The Morgan fingerprint density at radius 2 is 2.00 bits per heavy atom. The van der Waals surface area contributed by atoms with E-state index in [2.05, 4.69) is 4.98 Å². The predicted octanol–water partition coefficient (Wildman–Crippen LogP) is 2.25. The van der Waals surface area contributed by atoms with E-state index in [0.29, 0.717) is 16.2 Å². The van der Waals surface area contributed by atoms with Crippen LogP contribution in [0.1, 0.15) is 0 Å². The number of fused-ring (bicyclic) bond motifs is 3. The number of hydrogen-bond acceptors (Lipinski definition) is 5. The van der Waals surface area contributed by atoms with Crippen LogP contribution in [0.4, 0.5) is 5.69 Å². The Hall–Kier alpha value is -2.76. The van der Waals surface area contributed by atoms with Crippen LogP contribution in [-0.4, -0.2) is 9.91 Å². The molecule has 0 saturated carbocycles. The summed E-state index contributed by atoms with van der Waals surface area (Å²) >= 11 is 0. The number of nitro benzene ring substituents is 1. The third-order valence-electron chi connectivity index (χ3n) is 2.71. The Bertz CT molecular complexity index is 838. The van der Waals surface area contributed by atoms with Gasteiger partial charge in [0.05, 0.1) is 16.4 Å². The summed E-state index contributed by atoms with van der Waals surface area (Å²) in [5.41, 5.74) is -0.460. The van der Waals surface area contributed by atoms with Crippen LogP contribution in [0.5, 0.6) is 0 Å². The summed E-state index contributed by atoms with van der Waals surface area (Å²) in [6.45, 7) is 0. The molecule has 3 aromatic rings. The molecule has 0 aliphatic heterocycles. The second kappa shape index (κ2) is 3.63. The molecule has 0 bridgehead atoms. The van der Waals surface area contributed by atoms with Crippen molar-refractivity contribution >= 4 is 27.4 Å². The van der Waals surface area contributed by atoms with Crippen molar-refractivity contribution in [3.05, 3.63) is 57.2 Å². The summed E-state index contributed by atoms with van der Waals surface area (Å²) in [5, 5.41) is 12.4. The molecule has 1 aromatic carbocycles. The Kier molecular flexibility index (Phi) is 2.09. The first-order chi connectivity index (χ1) is 8.66. The second-order valence-corrected chi connectivity index (χ2v) is 3.75. The van der Waals surface area contributed by atoms with Gasteiger partial charge in [0.15, 0.2) is 0 Å². The number of hydrogen-bond donors (Lipinski definition) is 0. The third kappa shape index (κ3) is 1.43. The zero-order valence-electron chi connectivity index (χ0n) is 8.99.